The van der Waals surface area contributed by atoms with Crippen molar-refractivity contribution < 1.29 is 9.53 Å². The highest BCUT2D eigenvalue weighted by atomic mass is 79.9. The first-order valence-electron chi connectivity index (χ1n) is 5.06. The number of carbonyl (C=O) groups excluding carboxylic acids is 1. The number of hydrogen-bond donors (Lipinski definition) is 0. The zero-order valence-corrected chi connectivity index (χ0v) is 12.3. The molecule has 0 bridgehead atoms. The molecule has 88 valence electrons. The molecule has 0 atom stereocenters. The Hall–Kier alpha value is -0.350. The second-order valence-corrected chi connectivity index (χ2v) is 7.27. The molecule has 16 heavy (non-hydrogen) atoms. The third kappa shape index (κ3) is 4.26. The molecule has 0 saturated heterocycles. The van der Waals surface area contributed by atoms with E-state index < -0.39 is 0 Å². The molecule has 0 aromatic heterocycles. The van der Waals surface area contributed by atoms with E-state index in [0.717, 1.165) is 18.4 Å². The maximum atomic E-state index is 11.0. The second kappa shape index (κ2) is 6.40. The van der Waals surface area contributed by atoms with Crippen molar-refractivity contribution in [3.8, 4) is 0 Å². The summed E-state index contributed by atoms with van der Waals surface area (Å²) < 4.78 is 4.35. The maximum Gasteiger partial charge on any atom is 0.305 e. The van der Waals surface area contributed by atoms with Gasteiger partial charge in [-0.2, -0.15) is 0 Å². The first kappa shape index (κ1) is 13.7. The molecule has 1 rings (SSSR count). The Bertz CT molecular complexity index is 336. The minimum Gasteiger partial charge on any atom is -0.469 e. The zero-order valence-electron chi connectivity index (χ0n) is 9.08. The summed E-state index contributed by atoms with van der Waals surface area (Å²) in [7, 11) is 1.41. The van der Waals surface area contributed by atoms with Gasteiger partial charge in [0.05, 0.1) is 7.11 Å². The molecule has 0 unspecified atom stereocenters. The number of carbonyl (C=O) groups is 1. The van der Waals surface area contributed by atoms with Crippen LogP contribution in [0, 0.1) is 0 Å². The van der Waals surface area contributed by atoms with E-state index in [2.05, 4.69) is 36.6 Å². The van der Waals surface area contributed by atoms with Crippen molar-refractivity contribution in [1.82, 2.24) is 0 Å². The summed E-state index contributed by atoms with van der Waals surface area (Å²) in [4.78, 5) is 11.0. The van der Waals surface area contributed by atoms with Gasteiger partial charge >= 0.3 is 5.97 Å². The largest absolute Gasteiger partial charge is 0.469 e. The first-order valence-corrected chi connectivity index (χ1v) is 6.65. The first-order chi connectivity index (χ1) is 7.56. The van der Waals surface area contributed by atoms with Gasteiger partial charge in [0.2, 0.25) is 0 Å². The molecule has 1 aromatic carbocycles. The van der Waals surface area contributed by atoms with Crippen molar-refractivity contribution in [2.24, 2.45) is 0 Å². The molecular formula is C12H14Br2O2. The van der Waals surface area contributed by atoms with Gasteiger partial charge in [-0.3, -0.25) is 4.79 Å². The third-order valence-corrected chi connectivity index (χ3v) is 4.00. The fourth-order valence-corrected chi connectivity index (χ4v) is 2.47. The van der Waals surface area contributed by atoms with Gasteiger partial charge in [-0.15, -0.1) is 0 Å². The number of esters is 1. The third-order valence-electron chi connectivity index (χ3n) is 2.30. The molecule has 0 aliphatic rings. The number of hydrogen-bond acceptors (Lipinski definition) is 2. The standard InChI is InChI=1S/C12H14Br2O2/c1-16-11(15)8-5-9-12(13,14)10-6-3-2-4-7-10/h2-4,6-7H,5,8-9H2,1H3. The Morgan fingerprint density at radius 3 is 2.50 bits per heavy atom. The summed E-state index contributed by atoms with van der Waals surface area (Å²) in [6, 6.07) is 10.1. The van der Waals surface area contributed by atoms with Crippen LogP contribution >= 0.6 is 31.9 Å². The summed E-state index contributed by atoms with van der Waals surface area (Å²) in [6.45, 7) is 0. The van der Waals surface area contributed by atoms with Crippen molar-refractivity contribution in [2.45, 2.75) is 22.5 Å². The topological polar surface area (TPSA) is 26.3 Å². The fraction of sp³-hybridized carbons (Fsp3) is 0.417. The average molecular weight is 350 g/mol. The number of halogens is 2. The van der Waals surface area contributed by atoms with Crippen LogP contribution in [0.15, 0.2) is 30.3 Å². The summed E-state index contributed by atoms with van der Waals surface area (Å²) >= 11 is 7.25. The fourth-order valence-electron chi connectivity index (χ4n) is 1.38. The van der Waals surface area contributed by atoms with Crippen molar-refractivity contribution in [3.05, 3.63) is 35.9 Å². The Morgan fingerprint density at radius 2 is 1.94 bits per heavy atom. The molecule has 0 amide bonds. The number of ether oxygens (including phenoxy) is 1. The Kier molecular flexibility index (Phi) is 5.49. The van der Waals surface area contributed by atoms with Crippen LogP contribution in [-0.4, -0.2) is 13.1 Å². The maximum absolute atomic E-state index is 11.0. The smallest absolute Gasteiger partial charge is 0.305 e. The van der Waals surface area contributed by atoms with Gasteiger partial charge in [-0.25, -0.2) is 0 Å². The normalized spacial score (nSPS) is 11.2. The van der Waals surface area contributed by atoms with Crippen molar-refractivity contribution in [2.75, 3.05) is 7.11 Å². The van der Waals surface area contributed by atoms with Crippen LogP contribution in [0.4, 0.5) is 0 Å². The molecule has 0 fully saturated rings. The number of benzene rings is 1. The summed E-state index contributed by atoms with van der Waals surface area (Å²) in [6.07, 6.45) is 2.05. The molecule has 0 saturated carbocycles. The monoisotopic (exact) mass is 348 g/mol. The minimum absolute atomic E-state index is 0.163. The van der Waals surface area contributed by atoms with Crippen molar-refractivity contribution in [3.63, 3.8) is 0 Å². The highest BCUT2D eigenvalue weighted by Crippen LogP contribution is 2.42. The van der Waals surface area contributed by atoms with Gasteiger partial charge in [0.15, 0.2) is 0 Å². The van der Waals surface area contributed by atoms with Crippen LogP contribution in [0.2, 0.25) is 0 Å². The molecule has 0 aliphatic carbocycles. The highest BCUT2D eigenvalue weighted by molar-refractivity contribution is 9.24. The molecule has 2 nitrogen and oxygen atoms in total. The lowest BCUT2D eigenvalue weighted by molar-refractivity contribution is -0.140. The molecule has 0 heterocycles. The summed E-state index contributed by atoms with van der Waals surface area (Å²) in [5.41, 5.74) is 1.15. The number of methoxy groups -OCH3 is 1. The Labute approximate surface area is 113 Å². The van der Waals surface area contributed by atoms with Crippen LogP contribution in [-0.2, 0) is 12.8 Å². The highest BCUT2D eigenvalue weighted by Gasteiger charge is 2.24. The second-order valence-electron chi connectivity index (χ2n) is 3.50. The van der Waals surface area contributed by atoms with E-state index >= 15 is 0 Å². The SMILES string of the molecule is COC(=O)CCCC(Br)(Br)c1ccccc1. The molecule has 1 aromatic rings. The van der Waals surface area contributed by atoms with Gasteiger partial charge in [0.1, 0.15) is 3.23 Å². The zero-order chi connectivity index (χ0) is 12.0. The van der Waals surface area contributed by atoms with E-state index in [9.17, 15) is 4.79 Å². The number of rotatable bonds is 5. The van der Waals surface area contributed by atoms with Crippen LogP contribution in [0.3, 0.4) is 0 Å². The van der Waals surface area contributed by atoms with Crippen LogP contribution in [0.1, 0.15) is 24.8 Å². The van der Waals surface area contributed by atoms with Crippen LogP contribution in [0.25, 0.3) is 0 Å². The molecule has 4 heteroatoms. The van der Waals surface area contributed by atoms with Gasteiger partial charge in [-0.1, -0.05) is 62.2 Å². The molecule has 0 aliphatic heterocycles. The van der Waals surface area contributed by atoms with Crippen LogP contribution in [0.5, 0.6) is 0 Å². The van der Waals surface area contributed by atoms with E-state index in [1.807, 2.05) is 30.3 Å². The minimum atomic E-state index is -0.255. The van der Waals surface area contributed by atoms with E-state index in [-0.39, 0.29) is 9.20 Å². The van der Waals surface area contributed by atoms with Crippen LogP contribution < -0.4 is 0 Å². The van der Waals surface area contributed by atoms with E-state index in [4.69, 9.17) is 0 Å². The van der Waals surface area contributed by atoms with Gasteiger partial charge in [0.25, 0.3) is 0 Å². The summed E-state index contributed by atoms with van der Waals surface area (Å²) in [5.74, 6) is -0.163. The van der Waals surface area contributed by atoms with Crippen molar-refractivity contribution in [1.29, 1.82) is 0 Å². The lowest BCUT2D eigenvalue weighted by Gasteiger charge is -2.20. The lowest BCUT2D eigenvalue weighted by Crippen LogP contribution is -2.10. The molecular weight excluding hydrogens is 336 g/mol. The van der Waals surface area contributed by atoms with E-state index in [1.165, 1.54) is 7.11 Å². The van der Waals surface area contributed by atoms with Gasteiger partial charge in [-0.05, 0) is 18.4 Å². The molecule has 0 radical (unpaired) electrons. The predicted octanol–water partition coefficient (Wildman–Crippen LogP) is 3.97. The van der Waals surface area contributed by atoms with E-state index in [0.29, 0.717) is 6.42 Å². The average Bonchev–Trinajstić information content (AvgIpc) is 2.30. The Balaban J connectivity index is 2.49. The molecule has 0 N–H and O–H groups in total. The number of alkyl halides is 2. The predicted molar refractivity (Wildman–Crippen MR) is 71.8 cm³/mol. The quantitative estimate of drug-likeness (QED) is 0.593. The van der Waals surface area contributed by atoms with Crippen molar-refractivity contribution >= 4 is 37.8 Å². The summed E-state index contributed by atoms with van der Waals surface area (Å²) in [5, 5.41) is 0. The Morgan fingerprint density at radius 1 is 1.31 bits per heavy atom. The van der Waals surface area contributed by atoms with Gasteiger partial charge < -0.3 is 4.74 Å². The molecule has 0 spiro atoms. The van der Waals surface area contributed by atoms with Gasteiger partial charge in [0, 0.05) is 6.42 Å². The van der Waals surface area contributed by atoms with E-state index in [1.54, 1.807) is 0 Å². The lowest BCUT2D eigenvalue weighted by atomic mass is 10.1.